The fraction of sp³-hybridized carbons (Fsp3) is 0.357. The Balaban J connectivity index is 2.16. The fourth-order valence-electron chi connectivity index (χ4n) is 2.50. The molecule has 3 rings (SSSR count). The van der Waals surface area contributed by atoms with Gasteiger partial charge in [-0.2, -0.15) is 5.10 Å². The molecule has 0 saturated heterocycles. The van der Waals surface area contributed by atoms with Crippen LogP contribution in [0, 0.1) is 0 Å². The molecule has 0 bridgehead atoms. The van der Waals surface area contributed by atoms with Gasteiger partial charge in [-0.1, -0.05) is 24.3 Å². The van der Waals surface area contributed by atoms with Crippen molar-refractivity contribution in [3.05, 3.63) is 36.0 Å². The molecule has 0 amide bonds. The number of nitrogens with zero attached hydrogens (tertiary/aromatic N) is 2. The van der Waals surface area contributed by atoms with Crippen LogP contribution in [-0.2, 0) is 12.5 Å². The molecule has 1 fully saturated rings. The number of benzene rings is 1. The molecule has 1 saturated carbocycles. The quantitative estimate of drug-likeness (QED) is 0.862. The first-order valence-corrected chi connectivity index (χ1v) is 6.16. The fourth-order valence-corrected chi connectivity index (χ4v) is 2.50. The molecule has 0 atom stereocenters. The van der Waals surface area contributed by atoms with Gasteiger partial charge in [0.1, 0.15) is 5.82 Å². The Morgan fingerprint density at radius 3 is 2.61 bits per heavy atom. The van der Waals surface area contributed by atoms with Gasteiger partial charge in [-0.25, -0.2) is 0 Å². The third-order valence-electron chi connectivity index (χ3n) is 3.93. The van der Waals surface area contributed by atoms with Gasteiger partial charge in [-0.05, 0) is 24.0 Å². The van der Waals surface area contributed by atoms with Gasteiger partial charge in [0.15, 0.2) is 0 Å². The number of aryl methyl sites for hydroxylation is 1. The summed E-state index contributed by atoms with van der Waals surface area (Å²) in [5, 5.41) is 13.8. The van der Waals surface area contributed by atoms with E-state index >= 15 is 0 Å². The Hall–Kier alpha value is -1.81. The zero-order valence-electron chi connectivity index (χ0n) is 10.4. The van der Waals surface area contributed by atoms with Crippen LogP contribution >= 0.6 is 0 Å². The van der Waals surface area contributed by atoms with Crippen LogP contribution in [-0.4, -0.2) is 21.5 Å². The number of hydrogen-bond donors (Lipinski definition) is 2. The Kier molecular flexibility index (Phi) is 2.41. The van der Waals surface area contributed by atoms with Crippen molar-refractivity contribution in [2.75, 3.05) is 12.3 Å². The van der Waals surface area contributed by atoms with Crippen molar-refractivity contribution in [1.82, 2.24) is 9.78 Å². The molecule has 4 nitrogen and oxygen atoms in total. The first kappa shape index (κ1) is 11.3. The summed E-state index contributed by atoms with van der Waals surface area (Å²) in [6, 6.07) is 8.16. The Labute approximate surface area is 106 Å². The number of nitrogens with two attached hydrogens (primary N) is 1. The Bertz CT molecular complexity index is 584. The van der Waals surface area contributed by atoms with Crippen LogP contribution < -0.4 is 5.73 Å². The summed E-state index contributed by atoms with van der Waals surface area (Å²) in [5.41, 5.74) is 9.22. The van der Waals surface area contributed by atoms with Gasteiger partial charge in [0.25, 0.3) is 0 Å². The molecule has 0 aliphatic heterocycles. The van der Waals surface area contributed by atoms with Gasteiger partial charge >= 0.3 is 0 Å². The number of hydrogen-bond acceptors (Lipinski definition) is 3. The molecule has 18 heavy (non-hydrogen) atoms. The maximum Gasteiger partial charge on any atom is 0.129 e. The molecule has 1 heterocycles. The van der Waals surface area contributed by atoms with Gasteiger partial charge < -0.3 is 10.8 Å². The third kappa shape index (κ3) is 1.53. The smallest absolute Gasteiger partial charge is 0.129 e. The van der Waals surface area contributed by atoms with Gasteiger partial charge in [0.2, 0.25) is 0 Å². The second-order valence-electron chi connectivity index (χ2n) is 5.05. The zero-order chi connectivity index (χ0) is 12.8. The second kappa shape index (κ2) is 3.85. The minimum absolute atomic E-state index is 0.0567. The van der Waals surface area contributed by atoms with Crippen LogP contribution in [0.15, 0.2) is 30.5 Å². The molecule has 3 N–H and O–H groups in total. The minimum atomic E-state index is -0.0567. The number of rotatable bonds is 3. The molecule has 1 aliphatic rings. The van der Waals surface area contributed by atoms with E-state index in [4.69, 9.17) is 5.73 Å². The molecule has 94 valence electrons. The van der Waals surface area contributed by atoms with Crippen molar-refractivity contribution < 1.29 is 5.11 Å². The Morgan fingerprint density at radius 1 is 1.33 bits per heavy atom. The van der Waals surface area contributed by atoms with Crippen LogP contribution in [0.4, 0.5) is 5.82 Å². The van der Waals surface area contributed by atoms with Crippen molar-refractivity contribution >= 4 is 5.82 Å². The zero-order valence-corrected chi connectivity index (χ0v) is 10.4. The van der Waals surface area contributed by atoms with Gasteiger partial charge in [0.05, 0.1) is 12.8 Å². The largest absolute Gasteiger partial charge is 0.395 e. The van der Waals surface area contributed by atoms with Crippen molar-refractivity contribution in [3.63, 3.8) is 0 Å². The molecule has 0 spiro atoms. The summed E-state index contributed by atoms with van der Waals surface area (Å²) in [5.74, 6) is 0.663. The maximum atomic E-state index is 9.60. The van der Waals surface area contributed by atoms with E-state index in [0.717, 1.165) is 24.0 Å². The van der Waals surface area contributed by atoms with E-state index in [2.05, 4.69) is 17.2 Å². The lowest BCUT2D eigenvalue weighted by molar-refractivity contribution is 0.255. The standard InChI is InChI=1S/C14H17N3O/c1-17-13(15)11(8-16-17)10-4-2-3-5-12(10)14(9-18)6-7-14/h2-5,8,18H,6-7,9,15H2,1H3. The first-order valence-electron chi connectivity index (χ1n) is 6.16. The average molecular weight is 243 g/mol. The van der Waals surface area contributed by atoms with Crippen LogP contribution in [0.3, 0.4) is 0 Å². The highest BCUT2D eigenvalue weighted by Gasteiger charge is 2.45. The van der Waals surface area contributed by atoms with Gasteiger partial charge in [-0.15, -0.1) is 0 Å². The molecule has 1 aliphatic carbocycles. The molecular weight excluding hydrogens is 226 g/mol. The van der Waals surface area contributed by atoms with Gasteiger partial charge in [0, 0.05) is 18.0 Å². The number of anilines is 1. The summed E-state index contributed by atoms with van der Waals surface area (Å²) in [6.45, 7) is 0.199. The monoisotopic (exact) mass is 243 g/mol. The van der Waals surface area contributed by atoms with E-state index in [1.54, 1.807) is 10.9 Å². The minimum Gasteiger partial charge on any atom is -0.395 e. The van der Waals surface area contributed by atoms with Crippen molar-refractivity contribution in [3.8, 4) is 11.1 Å². The maximum absolute atomic E-state index is 9.60. The molecule has 1 aromatic heterocycles. The number of aliphatic hydroxyl groups excluding tert-OH is 1. The molecule has 0 unspecified atom stereocenters. The van der Waals surface area contributed by atoms with E-state index in [1.807, 2.05) is 19.2 Å². The van der Waals surface area contributed by atoms with Crippen LogP contribution in [0.5, 0.6) is 0 Å². The summed E-state index contributed by atoms with van der Waals surface area (Å²) in [7, 11) is 1.83. The third-order valence-corrected chi connectivity index (χ3v) is 3.93. The topological polar surface area (TPSA) is 64.1 Å². The normalized spacial score (nSPS) is 16.8. The summed E-state index contributed by atoms with van der Waals surface area (Å²) < 4.78 is 1.67. The highest BCUT2D eigenvalue weighted by molar-refractivity contribution is 5.77. The highest BCUT2D eigenvalue weighted by Crippen LogP contribution is 2.51. The first-order chi connectivity index (χ1) is 8.68. The highest BCUT2D eigenvalue weighted by atomic mass is 16.3. The molecule has 2 aromatic rings. The second-order valence-corrected chi connectivity index (χ2v) is 5.05. The summed E-state index contributed by atoms with van der Waals surface area (Å²) in [4.78, 5) is 0. The lowest BCUT2D eigenvalue weighted by Gasteiger charge is -2.16. The number of nitrogen functional groups attached to an aromatic ring is 1. The van der Waals surface area contributed by atoms with Crippen LogP contribution in [0.25, 0.3) is 11.1 Å². The van der Waals surface area contributed by atoms with E-state index in [0.29, 0.717) is 5.82 Å². The van der Waals surface area contributed by atoms with Crippen LogP contribution in [0.2, 0.25) is 0 Å². The van der Waals surface area contributed by atoms with E-state index in [9.17, 15) is 5.11 Å². The molecular formula is C14H17N3O. The average Bonchev–Trinajstić information content (AvgIpc) is 3.13. The molecule has 4 heteroatoms. The molecule has 1 aromatic carbocycles. The van der Waals surface area contributed by atoms with Crippen molar-refractivity contribution in [1.29, 1.82) is 0 Å². The van der Waals surface area contributed by atoms with Crippen molar-refractivity contribution in [2.45, 2.75) is 18.3 Å². The van der Waals surface area contributed by atoms with Crippen molar-refractivity contribution in [2.24, 2.45) is 7.05 Å². The van der Waals surface area contributed by atoms with Crippen LogP contribution in [0.1, 0.15) is 18.4 Å². The van der Waals surface area contributed by atoms with E-state index in [-0.39, 0.29) is 12.0 Å². The lowest BCUT2D eigenvalue weighted by atomic mass is 9.89. The summed E-state index contributed by atoms with van der Waals surface area (Å²) in [6.07, 6.45) is 3.88. The van der Waals surface area contributed by atoms with Gasteiger partial charge in [-0.3, -0.25) is 4.68 Å². The number of aliphatic hydroxyl groups is 1. The predicted octanol–water partition coefficient (Wildman–Crippen LogP) is 1.69. The van der Waals surface area contributed by atoms with E-state index < -0.39 is 0 Å². The lowest BCUT2D eigenvalue weighted by Crippen LogP contribution is -2.13. The predicted molar refractivity (Wildman–Crippen MR) is 71.1 cm³/mol. The number of aromatic nitrogens is 2. The van der Waals surface area contributed by atoms with E-state index in [1.165, 1.54) is 5.56 Å². The summed E-state index contributed by atoms with van der Waals surface area (Å²) >= 11 is 0. The molecule has 0 radical (unpaired) electrons. The SMILES string of the molecule is Cn1ncc(-c2ccccc2C2(CO)CC2)c1N. The Morgan fingerprint density at radius 2 is 2.06 bits per heavy atom.